The van der Waals surface area contributed by atoms with Crippen LogP contribution in [0.25, 0.3) is 21.9 Å². The van der Waals surface area contributed by atoms with Crippen LogP contribution in [0.3, 0.4) is 0 Å². The number of aromatic nitrogens is 3. The van der Waals surface area contributed by atoms with Gasteiger partial charge in [0.15, 0.2) is 0 Å². The van der Waals surface area contributed by atoms with Gasteiger partial charge in [-0.3, -0.25) is 4.68 Å². The Labute approximate surface area is 129 Å². The first-order valence-corrected chi connectivity index (χ1v) is 7.27. The maximum Gasteiger partial charge on any atom is 0.126 e. The summed E-state index contributed by atoms with van der Waals surface area (Å²) < 4.78 is 1.86. The zero-order valence-electron chi connectivity index (χ0n) is 12.3. The Balaban J connectivity index is 2.06. The molecule has 3 rings (SSSR count). The molecule has 0 aliphatic rings. The van der Waals surface area contributed by atoms with E-state index in [0.717, 1.165) is 27.7 Å². The van der Waals surface area contributed by atoms with Gasteiger partial charge < -0.3 is 5.32 Å². The number of nitrogens with zero attached hydrogens (tertiary/aromatic N) is 3. The third-order valence-electron chi connectivity index (χ3n) is 3.45. The quantitative estimate of drug-likeness (QED) is 0.723. The minimum absolute atomic E-state index is 0.307. The maximum absolute atomic E-state index is 4.54. The standard InChI is InChI=1S/C16H18N4S/c1-16(2,21)20-10-14(9-19-20)11-4-5-12-8-18-15(17-3)7-13(12)6-11/h4-10,21H,1-3H3,(H,17,18). The number of hydrogen-bond acceptors (Lipinski definition) is 4. The number of rotatable bonds is 3. The van der Waals surface area contributed by atoms with Gasteiger partial charge in [0.05, 0.1) is 11.1 Å². The molecule has 0 unspecified atom stereocenters. The van der Waals surface area contributed by atoms with Crippen LogP contribution in [0.1, 0.15) is 13.8 Å². The number of fused-ring (bicyclic) bond motifs is 1. The molecule has 108 valence electrons. The van der Waals surface area contributed by atoms with Crippen molar-refractivity contribution in [2.75, 3.05) is 12.4 Å². The molecule has 5 heteroatoms. The molecule has 21 heavy (non-hydrogen) atoms. The van der Waals surface area contributed by atoms with Gasteiger partial charge in [-0.15, -0.1) is 12.6 Å². The average Bonchev–Trinajstić information content (AvgIpc) is 2.96. The summed E-state index contributed by atoms with van der Waals surface area (Å²) in [5.41, 5.74) is 2.22. The van der Waals surface area contributed by atoms with Gasteiger partial charge in [-0.2, -0.15) is 5.10 Å². The second-order valence-electron chi connectivity index (χ2n) is 5.55. The lowest BCUT2D eigenvalue weighted by Crippen LogP contribution is -2.18. The maximum atomic E-state index is 4.54. The van der Waals surface area contributed by atoms with Crippen molar-refractivity contribution in [3.8, 4) is 11.1 Å². The molecule has 0 amide bonds. The van der Waals surface area contributed by atoms with Gasteiger partial charge in [-0.25, -0.2) is 4.98 Å². The molecule has 0 aliphatic heterocycles. The van der Waals surface area contributed by atoms with Crippen LogP contribution in [0.15, 0.2) is 42.9 Å². The van der Waals surface area contributed by atoms with Crippen LogP contribution in [-0.4, -0.2) is 21.8 Å². The van der Waals surface area contributed by atoms with E-state index in [1.54, 1.807) is 0 Å². The van der Waals surface area contributed by atoms with E-state index >= 15 is 0 Å². The van der Waals surface area contributed by atoms with E-state index in [9.17, 15) is 0 Å². The van der Waals surface area contributed by atoms with Crippen LogP contribution in [0.2, 0.25) is 0 Å². The SMILES string of the molecule is CNc1cc2cc(-c3cnn(C(C)(C)S)c3)ccc2cn1. The van der Waals surface area contributed by atoms with E-state index in [1.165, 1.54) is 0 Å². The molecule has 0 bridgehead atoms. The van der Waals surface area contributed by atoms with E-state index in [4.69, 9.17) is 0 Å². The lowest BCUT2D eigenvalue weighted by Gasteiger charge is -2.17. The molecule has 3 aromatic rings. The normalized spacial score (nSPS) is 11.8. The van der Waals surface area contributed by atoms with Gasteiger partial charge in [0, 0.05) is 30.4 Å². The zero-order chi connectivity index (χ0) is 15.0. The van der Waals surface area contributed by atoms with Crippen molar-refractivity contribution in [3.63, 3.8) is 0 Å². The fraction of sp³-hybridized carbons (Fsp3) is 0.250. The predicted octanol–water partition coefficient (Wildman–Crippen LogP) is 3.76. The molecule has 0 aliphatic carbocycles. The van der Waals surface area contributed by atoms with Crippen LogP contribution < -0.4 is 5.32 Å². The van der Waals surface area contributed by atoms with Gasteiger partial charge >= 0.3 is 0 Å². The van der Waals surface area contributed by atoms with Crippen LogP contribution >= 0.6 is 12.6 Å². The topological polar surface area (TPSA) is 42.7 Å². The molecule has 1 N–H and O–H groups in total. The first-order valence-electron chi connectivity index (χ1n) is 6.83. The molecule has 0 fully saturated rings. The second kappa shape index (κ2) is 5.07. The summed E-state index contributed by atoms with van der Waals surface area (Å²) >= 11 is 4.54. The van der Waals surface area contributed by atoms with Gasteiger partial charge in [0.2, 0.25) is 0 Å². The van der Waals surface area contributed by atoms with E-state index < -0.39 is 0 Å². The Morgan fingerprint density at radius 2 is 1.90 bits per heavy atom. The van der Waals surface area contributed by atoms with Gasteiger partial charge in [-0.05, 0) is 36.9 Å². The number of thiol groups is 1. The molecule has 0 radical (unpaired) electrons. The lowest BCUT2D eigenvalue weighted by molar-refractivity contribution is 0.482. The highest BCUT2D eigenvalue weighted by atomic mass is 32.1. The largest absolute Gasteiger partial charge is 0.373 e. The number of pyridine rings is 1. The monoisotopic (exact) mass is 298 g/mol. The molecule has 4 nitrogen and oxygen atoms in total. The van der Waals surface area contributed by atoms with Crippen molar-refractivity contribution in [1.82, 2.24) is 14.8 Å². The lowest BCUT2D eigenvalue weighted by atomic mass is 10.1. The summed E-state index contributed by atoms with van der Waals surface area (Å²) in [5.74, 6) is 0.867. The van der Waals surface area contributed by atoms with Crippen molar-refractivity contribution >= 4 is 29.2 Å². The second-order valence-corrected chi connectivity index (χ2v) is 6.64. The molecule has 0 saturated heterocycles. The molecule has 0 atom stereocenters. The predicted molar refractivity (Wildman–Crippen MR) is 90.8 cm³/mol. The number of hydrogen-bond donors (Lipinski definition) is 2. The van der Waals surface area contributed by atoms with Gasteiger partial charge in [0.25, 0.3) is 0 Å². The smallest absolute Gasteiger partial charge is 0.126 e. The van der Waals surface area contributed by atoms with Crippen molar-refractivity contribution in [2.24, 2.45) is 0 Å². The number of anilines is 1. The molecule has 2 aromatic heterocycles. The van der Waals surface area contributed by atoms with Crippen LogP contribution in [0.5, 0.6) is 0 Å². The molecule has 0 saturated carbocycles. The Morgan fingerprint density at radius 1 is 1.10 bits per heavy atom. The van der Waals surface area contributed by atoms with E-state index in [1.807, 2.05) is 50.2 Å². The van der Waals surface area contributed by atoms with Crippen molar-refractivity contribution in [3.05, 3.63) is 42.9 Å². The fourth-order valence-corrected chi connectivity index (χ4v) is 2.34. The summed E-state index contributed by atoms with van der Waals surface area (Å²) in [5, 5.41) is 9.74. The highest BCUT2D eigenvalue weighted by Crippen LogP contribution is 2.27. The highest BCUT2D eigenvalue weighted by Gasteiger charge is 2.15. The zero-order valence-corrected chi connectivity index (χ0v) is 13.2. The minimum atomic E-state index is -0.307. The molecule has 2 heterocycles. The van der Waals surface area contributed by atoms with Crippen LogP contribution in [0.4, 0.5) is 5.82 Å². The summed E-state index contributed by atoms with van der Waals surface area (Å²) in [6, 6.07) is 8.38. The minimum Gasteiger partial charge on any atom is -0.373 e. The Kier molecular flexibility index (Phi) is 3.37. The molecular weight excluding hydrogens is 280 g/mol. The first-order chi connectivity index (χ1) is 9.97. The van der Waals surface area contributed by atoms with E-state index in [2.05, 4.69) is 46.2 Å². The summed E-state index contributed by atoms with van der Waals surface area (Å²) in [4.78, 5) is 4.02. The molecule has 0 spiro atoms. The highest BCUT2D eigenvalue weighted by molar-refractivity contribution is 7.81. The fourth-order valence-electron chi connectivity index (χ4n) is 2.23. The van der Waals surface area contributed by atoms with Gasteiger partial charge in [0.1, 0.15) is 5.82 Å². The average molecular weight is 298 g/mol. The van der Waals surface area contributed by atoms with Gasteiger partial charge in [-0.1, -0.05) is 12.1 Å². The van der Waals surface area contributed by atoms with Crippen LogP contribution in [0, 0.1) is 0 Å². The molecular formula is C16H18N4S. The first kappa shape index (κ1) is 13.9. The number of nitrogens with one attached hydrogen (secondary N) is 1. The Hall–Kier alpha value is -2.01. The van der Waals surface area contributed by atoms with E-state index in [-0.39, 0.29) is 4.87 Å². The molecule has 1 aromatic carbocycles. The number of benzene rings is 1. The third-order valence-corrected chi connectivity index (χ3v) is 3.66. The Morgan fingerprint density at radius 3 is 2.57 bits per heavy atom. The van der Waals surface area contributed by atoms with Crippen molar-refractivity contribution in [1.29, 1.82) is 0 Å². The van der Waals surface area contributed by atoms with E-state index in [0.29, 0.717) is 0 Å². The summed E-state index contributed by atoms with van der Waals surface area (Å²) in [7, 11) is 1.87. The van der Waals surface area contributed by atoms with Crippen molar-refractivity contribution < 1.29 is 0 Å². The summed E-state index contributed by atoms with van der Waals surface area (Å²) in [6.07, 6.45) is 5.78. The third kappa shape index (κ3) is 2.74. The Bertz CT molecular complexity index is 786. The summed E-state index contributed by atoms with van der Waals surface area (Å²) in [6.45, 7) is 4.02. The van der Waals surface area contributed by atoms with Crippen LogP contribution in [-0.2, 0) is 4.87 Å². The van der Waals surface area contributed by atoms with Crippen molar-refractivity contribution in [2.45, 2.75) is 18.7 Å².